The molecule has 0 unspecified atom stereocenters. The molecule has 3 nitrogen and oxygen atoms in total. The number of hydrogen-bond acceptors (Lipinski definition) is 4. The molecule has 0 bridgehead atoms. The lowest BCUT2D eigenvalue weighted by atomic mass is 10.1. The monoisotopic (exact) mass is 358 g/mol. The molecule has 0 saturated carbocycles. The summed E-state index contributed by atoms with van der Waals surface area (Å²) in [4.78, 5) is 5.75. The standard InChI is InChI=1S/C19H19ClN2OS/c1-2-3-4-17-18(22-19(21)24-17)13-5-9-15(10-6-13)23-16-11-7-14(20)8-12-16/h5-12H,2-4H2,1H3,(H2,21,22). The van der Waals surface area contributed by atoms with Crippen LogP contribution in [0.25, 0.3) is 11.3 Å². The van der Waals surface area contributed by atoms with E-state index >= 15 is 0 Å². The van der Waals surface area contributed by atoms with E-state index in [1.54, 1.807) is 11.3 Å². The number of unbranched alkanes of at least 4 members (excludes halogenated alkanes) is 1. The molecule has 0 radical (unpaired) electrons. The summed E-state index contributed by atoms with van der Waals surface area (Å²) in [5, 5.41) is 1.32. The zero-order chi connectivity index (χ0) is 16.9. The fourth-order valence-corrected chi connectivity index (χ4v) is 3.44. The molecule has 124 valence electrons. The minimum Gasteiger partial charge on any atom is -0.457 e. The van der Waals surface area contributed by atoms with Crippen molar-refractivity contribution < 1.29 is 4.74 Å². The summed E-state index contributed by atoms with van der Waals surface area (Å²) in [6.07, 6.45) is 3.32. The number of ether oxygens (including phenoxy) is 1. The summed E-state index contributed by atoms with van der Waals surface area (Å²) in [7, 11) is 0. The smallest absolute Gasteiger partial charge is 0.180 e. The van der Waals surface area contributed by atoms with E-state index < -0.39 is 0 Å². The summed E-state index contributed by atoms with van der Waals surface area (Å²) < 4.78 is 5.82. The van der Waals surface area contributed by atoms with Gasteiger partial charge in [0, 0.05) is 15.5 Å². The van der Waals surface area contributed by atoms with Crippen LogP contribution in [0.4, 0.5) is 5.13 Å². The highest BCUT2D eigenvalue weighted by molar-refractivity contribution is 7.15. The Morgan fingerprint density at radius 1 is 1.04 bits per heavy atom. The summed E-state index contributed by atoms with van der Waals surface area (Å²) >= 11 is 7.46. The first kappa shape index (κ1) is 16.8. The van der Waals surface area contributed by atoms with E-state index in [9.17, 15) is 0 Å². The zero-order valence-corrected chi connectivity index (χ0v) is 15.0. The number of aryl methyl sites for hydroxylation is 1. The van der Waals surface area contributed by atoms with Gasteiger partial charge in [-0.1, -0.05) is 24.9 Å². The first-order chi connectivity index (χ1) is 11.7. The molecule has 0 saturated heterocycles. The van der Waals surface area contributed by atoms with Gasteiger partial charge in [0.05, 0.1) is 5.69 Å². The van der Waals surface area contributed by atoms with Gasteiger partial charge in [-0.15, -0.1) is 11.3 Å². The number of hydrogen-bond donors (Lipinski definition) is 1. The highest BCUT2D eigenvalue weighted by Gasteiger charge is 2.11. The number of thiazole rings is 1. The van der Waals surface area contributed by atoms with Crippen LogP contribution in [0.15, 0.2) is 48.5 Å². The molecular formula is C19H19ClN2OS. The maximum absolute atomic E-state index is 5.90. The average Bonchev–Trinajstić information content (AvgIpc) is 2.96. The molecule has 0 aliphatic heterocycles. The van der Waals surface area contributed by atoms with Gasteiger partial charge in [0.2, 0.25) is 0 Å². The van der Waals surface area contributed by atoms with Crippen LogP contribution in [-0.2, 0) is 6.42 Å². The van der Waals surface area contributed by atoms with E-state index in [2.05, 4.69) is 11.9 Å². The van der Waals surface area contributed by atoms with Crippen LogP contribution < -0.4 is 10.5 Å². The predicted molar refractivity (Wildman–Crippen MR) is 102 cm³/mol. The topological polar surface area (TPSA) is 48.1 Å². The Labute approximate surface area is 151 Å². The highest BCUT2D eigenvalue weighted by atomic mass is 35.5. The maximum atomic E-state index is 5.90. The number of nitrogens with zero attached hydrogens (tertiary/aromatic N) is 1. The third kappa shape index (κ3) is 4.08. The van der Waals surface area contributed by atoms with Crippen molar-refractivity contribution in [3.05, 3.63) is 58.4 Å². The van der Waals surface area contributed by atoms with Gasteiger partial charge in [-0.25, -0.2) is 4.98 Å². The van der Waals surface area contributed by atoms with Gasteiger partial charge in [0.15, 0.2) is 5.13 Å². The summed E-state index contributed by atoms with van der Waals surface area (Å²) in [5.41, 5.74) is 7.96. The van der Waals surface area contributed by atoms with Crippen molar-refractivity contribution in [1.82, 2.24) is 4.98 Å². The first-order valence-electron chi connectivity index (χ1n) is 7.94. The number of aromatic nitrogens is 1. The number of nitrogens with two attached hydrogens (primary N) is 1. The van der Waals surface area contributed by atoms with E-state index in [-0.39, 0.29) is 0 Å². The zero-order valence-electron chi connectivity index (χ0n) is 13.5. The van der Waals surface area contributed by atoms with Crippen LogP contribution in [0.1, 0.15) is 24.6 Å². The van der Waals surface area contributed by atoms with Gasteiger partial charge in [-0.2, -0.15) is 0 Å². The Morgan fingerprint density at radius 2 is 1.67 bits per heavy atom. The summed E-state index contributed by atoms with van der Waals surface area (Å²) in [6, 6.07) is 15.3. The lowest BCUT2D eigenvalue weighted by Crippen LogP contribution is -1.88. The van der Waals surface area contributed by atoms with E-state index in [1.807, 2.05) is 48.5 Å². The van der Waals surface area contributed by atoms with Gasteiger partial charge < -0.3 is 10.5 Å². The van der Waals surface area contributed by atoms with E-state index in [1.165, 1.54) is 4.88 Å². The normalized spacial score (nSPS) is 10.8. The van der Waals surface area contributed by atoms with Gasteiger partial charge in [-0.3, -0.25) is 0 Å². The molecule has 0 spiro atoms. The predicted octanol–water partition coefficient (Wildman–Crippen LogP) is 6.18. The van der Waals surface area contributed by atoms with Gasteiger partial charge >= 0.3 is 0 Å². The second-order valence-electron chi connectivity index (χ2n) is 5.51. The quantitative estimate of drug-likeness (QED) is 0.572. The molecule has 0 fully saturated rings. The molecular weight excluding hydrogens is 340 g/mol. The molecule has 24 heavy (non-hydrogen) atoms. The number of nitrogen functional groups attached to an aromatic ring is 1. The van der Waals surface area contributed by atoms with Crippen molar-refractivity contribution in [3.63, 3.8) is 0 Å². The van der Waals surface area contributed by atoms with Crippen molar-refractivity contribution in [3.8, 4) is 22.8 Å². The Balaban J connectivity index is 1.78. The van der Waals surface area contributed by atoms with Gasteiger partial charge in [-0.05, 0) is 61.4 Å². The largest absolute Gasteiger partial charge is 0.457 e. The van der Waals surface area contributed by atoms with Crippen molar-refractivity contribution in [1.29, 1.82) is 0 Å². The Hall–Kier alpha value is -2.04. The van der Waals surface area contributed by atoms with Crippen LogP contribution in [-0.4, -0.2) is 4.98 Å². The number of halogens is 1. The fraction of sp³-hybridized carbons (Fsp3) is 0.211. The van der Waals surface area contributed by atoms with Crippen LogP contribution in [0, 0.1) is 0 Å². The number of anilines is 1. The third-order valence-corrected chi connectivity index (χ3v) is 4.84. The molecule has 2 aromatic carbocycles. The summed E-state index contributed by atoms with van der Waals surface area (Å²) in [6.45, 7) is 2.19. The lowest BCUT2D eigenvalue weighted by molar-refractivity contribution is 0.483. The maximum Gasteiger partial charge on any atom is 0.180 e. The molecule has 2 N–H and O–H groups in total. The molecule has 5 heteroatoms. The van der Waals surface area contributed by atoms with Crippen LogP contribution in [0.3, 0.4) is 0 Å². The first-order valence-corrected chi connectivity index (χ1v) is 9.14. The minimum atomic E-state index is 0.623. The van der Waals surface area contributed by atoms with Crippen LogP contribution in [0.5, 0.6) is 11.5 Å². The Morgan fingerprint density at radius 3 is 2.29 bits per heavy atom. The summed E-state index contributed by atoms with van der Waals surface area (Å²) in [5.74, 6) is 1.54. The lowest BCUT2D eigenvalue weighted by Gasteiger charge is -2.07. The Bertz CT molecular complexity index is 797. The number of benzene rings is 2. The molecule has 0 amide bonds. The van der Waals surface area contributed by atoms with Crippen molar-refractivity contribution >= 4 is 28.1 Å². The molecule has 1 heterocycles. The third-order valence-electron chi connectivity index (χ3n) is 3.65. The van der Waals surface area contributed by atoms with E-state index in [4.69, 9.17) is 22.1 Å². The van der Waals surface area contributed by atoms with Crippen molar-refractivity contribution in [2.45, 2.75) is 26.2 Å². The van der Waals surface area contributed by atoms with Gasteiger partial charge in [0.25, 0.3) is 0 Å². The second-order valence-corrected chi connectivity index (χ2v) is 7.06. The van der Waals surface area contributed by atoms with Crippen LogP contribution >= 0.6 is 22.9 Å². The SMILES string of the molecule is CCCCc1sc(N)nc1-c1ccc(Oc2ccc(Cl)cc2)cc1. The van der Waals surface area contributed by atoms with Gasteiger partial charge in [0.1, 0.15) is 11.5 Å². The van der Waals surface area contributed by atoms with Crippen molar-refractivity contribution in [2.24, 2.45) is 0 Å². The minimum absolute atomic E-state index is 0.623. The molecule has 3 rings (SSSR count). The average molecular weight is 359 g/mol. The molecule has 0 aliphatic rings. The molecule has 3 aromatic rings. The molecule has 0 aliphatic carbocycles. The second kappa shape index (κ2) is 7.69. The fourth-order valence-electron chi connectivity index (χ4n) is 2.42. The Kier molecular flexibility index (Phi) is 5.38. The highest BCUT2D eigenvalue weighted by Crippen LogP contribution is 2.32. The molecule has 1 aromatic heterocycles. The number of rotatable bonds is 6. The van der Waals surface area contributed by atoms with Crippen LogP contribution in [0.2, 0.25) is 5.02 Å². The van der Waals surface area contributed by atoms with Crippen molar-refractivity contribution in [2.75, 3.05) is 5.73 Å². The molecule has 0 atom stereocenters. The van der Waals surface area contributed by atoms with E-state index in [0.717, 1.165) is 42.0 Å². The van der Waals surface area contributed by atoms with E-state index in [0.29, 0.717) is 10.2 Å².